The zero-order valence-corrected chi connectivity index (χ0v) is 13.5. The number of aromatic amines is 1. The predicted octanol–water partition coefficient (Wildman–Crippen LogP) is 2.67. The first-order chi connectivity index (χ1) is 11.5. The van der Waals surface area contributed by atoms with Crippen molar-refractivity contribution in [3.05, 3.63) is 30.5 Å². The van der Waals surface area contributed by atoms with Gasteiger partial charge in [0.15, 0.2) is 0 Å². The Labute approximate surface area is 143 Å². The summed E-state index contributed by atoms with van der Waals surface area (Å²) in [5.41, 5.74) is 0.565. The van der Waals surface area contributed by atoms with Crippen molar-refractivity contribution >= 4 is 30.2 Å². The molecule has 0 aliphatic carbocycles. The van der Waals surface area contributed by atoms with Gasteiger partial charge in [-0.05, 0) is 18.6 Å². The molecule has 126 valence electrons. The number of rotatable bonds is 5. The highest BCUT2D eigenvalue weighted by molar-refractivity contribution is 7.81. The van der Waals surface area contributed by atoms with Crippen LogP contribution in [-0.2, 0) is 0 Å². The van der Waals surface area contributed by atoms with E-state index in [4.69, 9.17) is 5.41 Å². The smallest absolute Gasteiger partial charge is 0.279 e. The number of H-pyrrole nitrogens is 1. The Morgan fingerprint density at radius 1 is 1.42 bits per heavy atom. The number of halogens is 2. The van der Waals surface area contributed by atoms with Crippen molar-refractivity contribution in [2.45, 2.75) is 18.1 Å². The summed E-state index contributed by atoms with van der Waals surface area (Å²) in [4.78, 5) is 17.7. The normalized spacial score (nSPS) is 18.0. The molecule has 3 heterocycles. The fraction of sp³-hybridized carbons (Fsp3) is 0.333. The molecular formula is C15H16F2N6S. The summed E-state index contributed by atoms with van der Waals surface area (Å²) in [6, 6.07) is 1.86. The summed E-state index contributed by atoms with van der Waals surface area (Å²) in [6.45, 7) is 1.74. The highest BCUT2D eigenvalue weighted by Crippen LogP contribution is 2.24. The highest BCUT2D eigenvalue weighted by Gasteiger charge is 2.21. The number of alkyl halides is 2. The minimum atomic E-state index is -2.80. The van der Waals surface area contributed by atoms with E-state index in [2.05, 4.69) is 37.5 Å². The van der Waals surface area contributed by atoms with Gasteiger partial charge in [0.1, 0.15) is 18.0 Å². The first kappa shape index (κ1) is 16.6. The summed E-state index contributed by atoms with van der Waals surface area (Å²) in [5.74, 6) is 1.20. The predicted molar refractivity (Wildman–Crippen MR) is 92.0 cm³/mol. The zero-order valence-electron chi connectivity index (χ0n) is 12.7. The topological polar surface area (TPSA) is 81.6 Å². The lowest BCUT2D eigenvalue weighted by atomic mass is 10.3. The van der Waals surface area contributed by atoms with E-state index in [0.717, 1.165) is 31.4 Å². The number of thiol groups is 1. The van der Waals surface area contributed by atoms with E-state index < -0.39 is 12.1 Å². The fourth-order valence-electron chi connectivity index (χ4n) is 2.41. The maximum Gasteiger partial charge on any atom is 0.279 e. The van der Waals surface area contributed by atoms with E-state index >= 15 is 0 Å². The van der Waals surface area contributed by atoms with Gasteiger partial charge in [-0.3, -0.25) is 5.41 Å². The van der Waals surface area contributed by atoms with Gasteiger partial charge in [0.2, 0.25) is 0 Å². The molecule has 0 amide bonds. The Kier molecular flexibility index (Phi) is 4.89. The van der Waals surface area contributed by atoms with Gasteiger partial charge in [-0.25, -0.2) is 23.7 Å². The Morgan fingerprint density at radius 3 is 2.96 bits per heavy atom. The third-order valence-corrected chi connectivity index (χ3v) is 4.09. The molecule has 0 spiro atoms. The molecule has 3 rings (SSSR count). The molecule has 1 fully saturated rings. The molecule has 2 aromatic heterocycles. The van der Waals surface area contributed by atoms with E-state index in [9.17, 15) is 8.78 Å². The minimum absolute atomic E-state index is 0.345. The van der Waals surface area contributed by atoms with Gasteiger partial charge < -0.3 is 9.88 Å². The molecule has 24 heavy (non-hydrogen) atoms. The quantitative estimate of drug-likeness (QED) is 0.572. The van der Waals surface area contributed by atoms with Gasteiger partial charge in [0, 0.05) is 24.4 Å². The van der Waals surface area contributed by atoms with Crippen molar-refractivity contribution in [3.8, 4) is 11.4 Å². The van der Waals surface area contributed by atoms with Crippen molar-refractivity contribution in [3.63, 3.8) is 0 Å². The third-order valence-electron chi connectivity index (χ3n) is 3.67. The molecule has 9 heteroatoms. The van der Waals surface area contributed by atoms with Gasteiger partial charge in [0.05, 0.1) is 23.3 Å². The van der Waals surface area contributed by atoms with Crippen LogP contribution in [0.3, 0.4) is 0 Å². The third kappa shape index (κ3) is 3.78. The van der Waals surface area contributed by atoms with Crippen LogP contribution < -0.4 is 4.90 Å². The second kappa shape index (κ2) is 7.08. The van der Waals surface area contributed by atoms with E-state index in [1.165, 1.54) is 12.4 Å². The Bertz CT molecular complexity index is 760. The first-order valence-corrected chi connectivity index (χ1v) is 7.89. The number of hydrogen-bond acceptors (Lipinski definition) is 6. The minimum Gasteiger partial charge on any atom is -0.355 e. The van der Waals surface area contributed by atoms with Crippen molar-refractivity contribution in [2.24, 2.45) is 0 Å². The van der Waals surface area contributed by atoms with Crippen LogP contribution in [0.4, 0.5) is 14.6 Å². The van der Waals surface area contributed by atoms with E-state index in [1.54, 1.807) is 6.20 Å². The van der Waals surface area contributed by atoms with Gasteiger partial charge >= 0.3 is 0 Å². The SMILES string of the molecule is N=C(/C=C\c1ncc(-c2cc(N3CCC(S)C3)ncn2)[nH]1)C(F)F. The lowest BCUT2D eigenvalue weighted by Crippen LogP contribution is -2.21. The molecule has 1 aliphatic heterocycles. The molecule has 1 unspecified atom stereocenters. The number of imidazole rings is 1. The molecule has 0 radical (unpaired) electrons. The van der Waals surface area contributed by atoms with Gasteiger partial charge in [-0.2, -0.15) is 12.6 Å². The molecule has 6 nitrogen and oxygen atoms in total. The van der Waals surface area contributed by atoms with Crippen LogP contribution in [0.2, 0.25) is 0 Å². The molecule has 1 saturated heterocycles. The largest absolute Gasteiger partial charge is 0.355 e. The number of nitrogens with one attached hydrogen (secondary N) is 2. The Hall–Kier alpha value is -2.29. The van der Waals surface area contributed by atoms with E-state index in [1.807, 2.05) is 6.07 Å². The summed E-state index contributed by atoms with van der Waals surface area (Å²) < 4.78 is 24.6. The number of hydrogen-bond donors (Lipinski definition) is 3. The number of nitrogens with zero attached hydrogens (tertiary/aromatic N) is 4. The standard InChI is InChI=1S/C15H16F2N6S/c16-15(17)10(18)1-2-13-19-6-12(22-13)11-5-14(21-8-20-11)23-4-3-9(24)7-23/h1-2,5-6,8-9,15,18,24H,3-4,7H2,(H,19,22)/b2-1-,18-10?. The summed E-state index contributed by atoms with van der Waals surface area (Å²) in [5, 5.41) is 7.44. The summed E-state index contributed by atoms with van der Waals surface area (Å²) >= 11 is 4.48. The molecule has 0 saturated carbocycles. The van der Waals surface area contributed by atoms with Gasteiger partial charge in [-0.15, -0.1) is 0 Å². The fourth-order valence-corrected chi connectivity index (χ4v) is 2.72. The number of aromatic nitrogens is 4. The van der Waals surface area contributed by atoms with Gasteiger partial charge in [0.25, 0.3) is 6.43 Å². The van der Waals surface area contributed by atoms with Crippen molar-refractivity contribution in [1.29, 1.82) is 5.41 Å². The summed E-state index contributed by atoms with van der Waals surface area (Å²) in [7, 11) is 0. The molecule has 1 aliphatic rings. The maximum absolute atomic E-state index is 12.3. The number of anilines is 1. The van der Waals surface area contributed by atoms with Crippen molar-refractivity contribution in [1.82, 2.24) is 19.9 Å². The lowest BCUT2D eigenvalue weighted by molar-refractivity contribution is 0.226. The van der Waals surface area contributed by atoms with E-state index in [0.29, 0.717) is 22.5 Å². The van der Waals surface area contributed by atoms with Crippen LogP contribution in [0.25, 0.3) is 17.5 Å². The van der Waals surface area contributed by atoms with Gasteiger partial charge in [-0.1, -0.05) is 0 Å². The van der Waals surface area contributed by atoms with Crippen LogP contribution in [-0.4, -0.2) is 50.4 Å². The first-order valence-electron chi connectivity index (χ1n) is 7.38. The van der Waals surface area contributed by atoms with E-state index in [-0.39, 0.29) is 0 Å². The highest BCUT2D eigenvalue weighted by atomic mass is 32.1. The van der Waals surface area contributed by atoms with Crippen LogP contribution >= 0.6 is 12.6 Å². The van der Waals surface area contributed by atoms with Crippen LogP contribution in [0, 0.1) is 5.41 Å². The molecule has 0 aromatic carbocycles. The van der Waals surface area contributed by atoms with Crippen LogP contribution in [0.1, 0.15) is 12.2 Å². The second-order valence-electron chi connectivity index (χ2n) is 5.42. The maximum atomic E-state index is 12.3. The zero-order chi connectivity index (χ0) is 17.1. The van der Waals surface area contributed by atoms with Crippen LogP contribution in [0.15, 0.2) is 24.7 Å². The summed E-state index contributed by atoms with van der Waals surface area (Å²) in [6.07, 6.45) is 3.64. The monoisotopic (exact) mass is 350 g/mol. The molecule has 2 aromatic rings. The van der Waals surface area contributed by atoms with Crippen molar-refractivity contribution in [2.75, 3.05) is 18.0 Å². The Balaban J connectivity index is 1.77. The lowest BCUT2D eigenvalue weighted by Gasteiger charge is -2.16. The molecule has 2 N–H and O–H groups in total. The Morgan fingerprint density at radius 2 is 2.25 bits per heavy atom. The van der Waals surface area contributed by atoms with Crippen molar-refractivity contribution < 1.29 is 8.78 Å². The molecular weight excluding hydrogens is 334 g/mol. The second-order valence-corrected chi connectivity index (χ2v) is 6.15. The molecule has 1 atom stereocenters. The van der Waals surface area contributed by atoms with Crippen LogP contribution in [0.5, 0.6) is 0 Å². The number of allylic oxidation sites excluding steroid dienone is 1. The average molecular weight is 350 g/mol. The molecule has 0 bridgehead atoms. The average Bonchev–Trinajstić information content (AvgIpc) is 3.21.